The fourth-order valence-corrected chi connectivity index (χ4v) is 3.32. The molecule has 0 fully saturated rings. The zero-order chi connectivity index (χ0) is 17.1. The van der Waals surface area contributed by atoms with Crippen molar-refractivity contribution in [1.29, 1.82) is 0 Å². The lowest BCUT2D eigenvalue weighted by Gasteiger charge is -2.09. The first-order chi connectivity index (χ1) is 11.6. The van der Waals surface area contributed by atoms with Crippen molar-refractivity contribution in [3.63, 3.8) is 0 Å². The molecule has 0 aliphatic carbocycles. The van der Waals surface area contributed by atoms with E-state index in [9.17, 15) is 4.79 Å². The Labute approximate surface area is 145 Å². The monoisotopic (exact) mass is 340 g/mol. The van der Waals surface area contributed by atoms with E-state index in [1.165, 1.54) is 11.8 Å². The van der Waals surface area contributed by atoms with Crippen molar-refractivity contribution in [3.8, 4) is 11.3 Å². The van der Waals surface area contributed by atoms with E-state index in [2.05, 4.69) is 23.8 Å². The fourth-order valence-electron chi connectivity index (χ4n) is 2.49. The SMILES string of the molecule is CC(C)Cn1ccnc(Sc2ncc(-c3ccccc3)n2C)c1=O. The van der Waals surface area contributed by atoms with Crippen LogP contribution in [0, 0.1) is 5.92 Å². The zero-order valence-corrected chi connectivity index (χ0v) is 14.8. The topological polar surface area (TPSA) is 52.7 Å². The first-order valence-corrected chi connectivity index (χ1v) is 8.68. The average Bonchev–Trinajstić information content (AvgIpc) is 2.92. The van der Waals surface area contributed by atoms with Gasteiger partial charge in [-0.25, -0.2) is 9.97 Å². The number of rotatable bonds is 5. The summed E-state index contributed by atoms with van der Waals surface area (Å²) in [6.45, 7) is 4.86. The molecule has 2 aromatic heterocycles. The van der Waals surface area contributed by atoms with Crippen LogP contribution in [-0.2, 0) is 13.6 Å². The van der Waals surface area contributed by atoms with Gasteiger partial charge >= 0.3 is 0 Å². The average molecular weight is 340 g/mol. The maximum atomic E-state index is 12.5. The van der Waals surface area contributed by atoms with E-state index in [1.54, 1.807) is 17.0 Å². The van der Waals surface area contributed by atoms with Gasteiger partial charge in [-0.3, -0.25) is 4.79 Å². The maximum absolute atomic E-state index is 12.5. The highest BCUT2D eigenvalue weighted by atomic mass is 32.2. The second-order valence-electron chi connectivity index (χ2n) is 6.04. The van der Waals surface area contributed by atoms with Gasteiger partial charge in [0.2, 0.25) is 0 Å². The molecule has 5 nitrogen and oxygen atoms in total. The van der Waals surface area contributed by atoms with Crippen molar-refractivity contribution in [2.24, 2.45) is 13.0 Å². The van der Waals surface area contributed by atoms with Crippen LogP contribution in [0.1, 0.15) is 13.8 Å². The van der Waals surface area contributed by atoms with Gasteiger partial charge in [0.1, 0.15) is 0 Å². The molecular formula is C18H20N4OS. The van der Waals surface area contributed by atoms with Crippen LogP contribution in [0.25, 0.3) is 11.3 Å². The van der Waals surface area contributed by atoms with Gasteiger partial charge in [0.15, 0.2) is 10.2 Å². The first-order valence-electron chi connectivity index (χ1n) is 7.86. The molecule has 3 rings (SSSR count). The molecule has 0 amide bonds. The third kappa shape index (κ3) is 3.43. The molecule has 0 radical (unpaired) electrons. The fraction of sp³-hybridized carbons (Fsp3) is 0.278. The van der Waals surface area contributed by atoms with E-state index in [0.717, 1.165) is 16.4 Å². The molecule has 1 aromatic carbocycles. The summed E-state index contributed by atoms with van der Waals surface area (Å²) in [7, 11) is 1.95. The number of imidazole rings is 1. The molecule has 124 valence electrons. The lowest BCUT2D eigenvalue weighted by atomic mass is 10.2. The minimum absolute atomic E-state index is 0.0690. The lowest BCUT2D eigenvalue weighted by molar-refractivity contribution is 0.502. The van der Waals surface area contributed by atoms with Crippen molar-refractivity contribution in [2.45, 2.75) is 30.6 Å². The highest BCUT2D eigenvalue weighted by molar-refractivity contribution is 7.99. The number of aromatic nitrogens is 4. The number of hydrogen-bond acceptors (Lipinski definition) is 4. The molecule has 24 heavy (non-hydrogen) atoms. The van der Waals surface area contributed by atoms with E-state index in [1.807, 2.05) is 48.1 Å². The standard InChI is InChI=1S/C18H20N4OS/c1-13(2)12-22-10-9-19-16(17(22)23)24-18-20-11-15(21(18)3)14-7-5-4-6-8-14/h4-11,13H,12H2,1-3H3. The summed E-state index contributed by atoms with van der Waals surface area (Å²) in [6, 6.07) is 10.1. The van der Waals surface area contributed by atoms with E-state index in [-0.39, 0.29) is 5.56 Å². The molecule has 0 aliphatic heterocycles. The third-order valence-electron chi connectivity index (χ3n) is 3.65. The molecule has 0 saturated carbocycles. The molecule has 0 atom stereocenters. The van der Waals surface area contributed by atoms with Crippen molar-refractivity contribution in [2.75, 3.05) is 0 Å². The molecule has 0 unspecified atom stereocenters. The summed E-state index contributed by atoms with van der Waals surface area (Å²) in [5.74, 6) is 0.404. The summed E-state index contributed by atoms with van der Waals surface area (Å²) in [6.07, 6.45) is 5.24. The van der Waals surface area contributed by atoms with Gasteiger partial charge in [0.05, 0.1) is 11.9 Å². The van der Waals surface area contributed by atoms with Gasteiger partial charge < -0.3 is 9.13 Å². The van der Waals surface area contributed by atoms with Crippen LogP contribution < -0.4 is 5.56 Å². The van der Waals surface area contributed by atoms with Gasteiger partial charge in [-0.15, -0.1) is 0 Å². The predicted octanol–water partition coefficient (Wildman–Crippen LogP) is 3.45. The number of hydrogen-bond donors (Lipinski definition) is 0. The van der Waals surface area contributed by atoms with Crippen LogP contribution in [0.2, 0.25) is 0 Å². The largest absolute Gasteiger partial charge is 0.322 e. The molecular weight excluding hydrogens is 320 g/mol. The Bertz CT molecular complexity index is 884. The van der Waals surface area contributed by atoms with Gasteiger partial charge in [0, 0.05) is 26.0 Å². The van der Waals surface area contributed by atoms with Crippen LogP contribution in [0.3, 0.4) is 0 Å². The Morgan fingerprint density at radius 1 is 1.17 bits per heavy atom. The summed E-state index contributed by atoms with van der Waals surface area (Å²) in [5.41, 5.74) is 2.04. The van der Waals surface area contributed by atoms with E-state index in [0.29, 0.717) is 17.5 Å². The van der Waals surface area contributed by atoms with Crippen LogP contribution >= 0.6 is 11.8 Å². The summed E-state index contributed by atoms with van der Waals surface area (Å²) < 4.78 is 3.70. The van der Waals surface area contributed by atoms with Gasteiger partial charge in [0.25, 0.3) is 5.56 Å². The Kier molecular flexibility index (Phi) is 4.85. The van der Waals surface area contributed by atoms with Crippen LogP contribution in [0.5, 0.6) is 0 Å². The maximum Gasteiger partial charge on any atom is 0.283 e. The zero-order valence-electron chi connectivity index (χ0n) is 14.0. The first kappa shape index (κ1) is 16.5. The van der Waals surface area contributed by atoms with Gasteiger partial charge in [-0.2, -0.15) is 0 Å². The quantitative estimate of drug-likeness (QED) is 0.714. The Morgan fingerprint density at radius 3 is 2.62 bits per heavy atom. The molecule has 0 N–H and O–H groups in total. The minimum Gasteiger partial charge on any atom is -0.322 e. The summed E-state index contributed by atoms with van der Waals surface area (Å²) >= 11 is 1.30. The lowest BCUT2D eigenvalue weighted by Crippen LogP contribution is -2.24. The molecule has 0 spiro atoms. The highest BCUT2D eigenvalue weighted by Crippen LogP contribution is 2.27. The van der Waals surface area contributed by atoms with Crippen molar-refractivity contribution >= 4 is 11.8 Å². The molecule has 6 heteroatoms. The summed E-state index contributed by atoms with van der Waals surface area (Å²) in [4.78, 5) is 21.2. The molecule has 2 heterocycles. The second-order valence-corrected chi connectivity index (χ2v) is 6.99. The summed E-state index contributed by atoms with van der Waals surface area (Å²) in [5, 5.41) is 1.20. The number of nitrogens with zero attached hydrogens (tertiary/aromatic N) is 4. The van der Waals surface area contributed by atoms with Gasteiger partial charge in [-0.05, 0) is 23.2 Å². The Morgan fingerprint density at radius 2 is 1.92 bits per heavy atom. The second kappa shape index (κ2) is 7.05. The third-order valence-corrected chi connectivity index (χ3v) is 4.68. The van der Waals surface area contributed by atoms with E-state index >= 15 is 0 Å². The van der Waals surface area contributed by atoms with Crippen LogP contribution in [0.15, 0.2) is 63.9 Å². The van der Waals surface area contributed by atoms with Crippen molar-refractivity contribution in [3.05, 3.63) is 59.3 Å². The van der Waals surface area contributed by atoms with Crippen LogP contribution in [-0.4, -0.2) is 19.1 Å². The van der Waals surface area contributed by atoms with Crippen LogP contribution in [0.4, 0.5) is 0 Å². The van der Waals surface area contributed by atoms with E-state index in [4.69, 9.17) is 0 Å². The number of benzene rings is 1. The highest BCUT2D eigenvalue weighted by Gasteiger charge is 2.14. The normalized spacial score (nSPS) is 11.2. The van der Waals surface area contributed by atoms with E-state index < -0.39 is 0 Å². The predicted molar refractivity (Wildman–Crippen MR) is 96.1 cm³/mol. The molecule has 0 saturated heterocycles. The van der Waals surface area contributed by atoms with Gasteiger partial charge in [-0.1, -0.05) is 44.2 Å². The Balaban J connectivity index is 1.90. The smallest absolute Gasteiger partial charge is 0.283 e. The van der Waals surface area contributed by atoms with Crippen molar-refractivity contribution < 1.29 is 0 Å². The minimum atomic E-state index is -0.0690. The Hall–Kier alpha value is -2.34. The molecule has 3 aromatic rings. The van der Waals surface area contributed by atoms with Crippen molar-refractivity contribution in [1.82, 2.24) is 19.1 Å². The molecule has 0 bridgehead atoms. The molecule has 0 aliphatic rings.